The maximum Gasteiger partial charge on any atom is 0.255 e. The minimum absolute atomic E-state index is 0.0426. The van der Waals surface area contributed by atoms with E-state index in [1.165, 1.54) is 4.90 Å². The zero-order valence-electron chi connectivity index (χ0n) is 19.1. The topological polar surface area (TPSA) is 86.8 Å². The van der Waals surface area contributed by atoms with Crippen molar-refractivity contribution in [2.45, 2.75) is 39.8 Å². The molecule has 0 fully saturated rings. The van der Waals surface area contributed by atoms with Gasteiger partial charge in [-0.1, -0.05) is 18.2 Å². The zero-order chi connectivity index (χ0) is 23.5. The van der Waals surface area contributed by atoms with E-state index in [9.17, 15) is 18.0 Å². The fraction of sp³-hybridized carbons (Fsp3) is 0.417. The van der Waals surface area contributed by atoms with Crippen LogP contribution < -0.4 is 10.2 Å². The van der Waals surface area contributed by atoms with Crippen LogP contribution in [0.25, 0.3) is 0 Å². The molecule has 8 heteroatoms. The Morgan fingerprint density at radius 3 is 2.44 bits per heavy atom. The second kappa shape index (κ2) is 9.73. The van der Waals surface area contributed by atoms with Gasteiger partial charge < -0.3 is 15.1 Å². The Morgan fingerprint density at radius 1 is 1.16 bits per heavy atom. The maximum atomic E-state index is 13.3. The summed E-state index contributed by atoms with van der Waals surface area (Å²) in [7, 11) is -3.29. The van der Waals surface area contributed by atoms with Gasteiger partial charge in [0.1, 0.15) is 15.9 Å². The highest BCUT2D eigenvalue weighted by Crippen LogP contribution is 2.28. The third kappa shape index (κ3) is 5.30. The molecule has 1 aliphatic rings. The van der Waals surface area contributed by atoms with E-state index >= 15 is 0 Å². The Bertz CT molecular complexity index is 1110. The van der Waals surface area contributed by atoms with Crippen LogP contribution in [0.4, 0.5) is 11.4 Å². The summed E-state index contributed by atoms with van der Waals surface area (Å²) >= 11 is 0. The van der Waals surface area contributed by atoms with Gasteiger partial charge in [-0.25, -0.2) is 8.42 Å². The van der Waals surface area contributed by atoms with Crippen molar-refractivity contribution in [3.8, 4) is 0 Å². The number of aryl methyl sites for hydroxylation is 1. The molecular weight excluding hydrogens is 426 g/mol. The van der Waals surface area contributed by atoms with Crippen LogP contribution in [0.1, 0.15) is 41.8 Å². The van der Waals surface area contributed by atoms with E-state index in [-0.39, 0.29) is 30.5 Å². The fourth-order valence-corrected chi connectivity index (χ4v) is 4.72. The molecule has 172 valence electrons. The van der Waals surface area contributed by atoms with E-state index < -0.39 is 15.9 Å². The third-order valence-corrected chi connectivity index (χ3v) is 6.86. The normalized spacial score (nSPS) is 14.2. The standard InChI is InChI=1S/C24H31N3O4S/c1-5-26(6-2)19-11-12-21(17(3)15-19)25-23(28)22(13-14-32(4,30)31)27-16-18-9-7-8-10-20(18)24(27)29/h7-12,15,22H,5-6,13-14,16H2,1-4H3,(H,25,28)/t22-/m0/s1. The summed E-state index contributed by atoms with van der Waals surface area (Å²) in [5, 5.41) is 2.93. The Labute approximate surface area is 190 Å². The molecule has 0 aromatic heterocycles. The van der Waals surface area contributed by atoms with Gasteiger partial charge >= 0.3 is 0 Å². The first-order chi connectivity index (χ1) is 15.1. The first-order valence-electron chi connectivity index (χ1n) is 10.9. The van der Waals surface area contributed by atoms with Crippen molar-refractivity contribution in [1.29, 1.82) is 0 Å². The summed E-state index contributed by atoms with van der Waals surface area (Å²) in [4.78, 5) is 29.9. The van der Waals surface area contributed by atoms with Crippen molar-refractivity contribution >= 4 is 33.0 Å². The summed E-state index contributed by atoms with van der Waals surface area (Å²) in [5.41, 5.74) is 4.03. The monoisotopic (exact) mass is 457 g/mol. The van der Waals surface area contributed by atoms with Crippen LogP contribution in [0.5, 0.6) is 0 Å². The highest BCUT2D eigenvalue weighted by Gasteiger charge is 2.36. The van der Waals surface area contributed by atoms with E-state index in [4.69, 9.17) is 0 Å². The number of nitrogens with zero attached hydrogens (tertiary/aromatic N) is 2. The van der Waals surface area contributed by atoms with Crippen LogP contribution in [0.2, 0.25) is 0 Å². The predicted octanol–water partition coefficient (Wildman–Crippen LogP) is 3.24. The first-order valence-corrected chi connectivity index (χ1v) is 12.9. The first kappa shape index (κ1) is 23.8. The van der Waals surface area contributed by atoms with Gasteiger partial charge in [-0.2, -0.15) is 0 Å². The number of sulfone groups is 1. The molecule has 0 unspecified atom stereocenters. The van der Waals surface area contributed by atoms with Crippen molar-refractivity contribution in [3.63, 3.8) is 0 Å². The van der Waals surface area contributed by atoms with E-state index in [0.29, 0.717) is 11.3 Å². The van der Waals surface area contributed by atoms with Gasteiger partial charge in [0.2, 0.25) is 5.91 Å². The summed E-state index contributed by atoms with van der Waals surface area (Å²) in [6.07, 6.45) is 1.18. The van der Waals surface area contributed by atoms with Gasteiger partial charge in [0.05, 0.1) is 5.75 Å². The largest absolute Gasteiger partial charge is 0.372 e. The minimum atomic E-state index is -3.29. The Morgan fingerprint density at radius 2 is 1.84 bits per heavy atom. The number of amides is 2. The lowest BCUT2D eigenvalue weighted by Crippen LogP contribution is -2.45. The molecule has 0 bridgehead atoms. The number of benzene rings is 2. The summed E-state index contributed by atoms with van der Waals surface area (Å²) in [6, 6.07) is 12.2. The number of nitrogens with one attached hydrogen (secondary N) is 1. The predicted molar refractivity (Wildman–Crippen MR) is 128 cm³/mol. The Kier molecular flexibility index (Phi) is 7.23. The van der Waals surface area contributed by atoms with Crippen LogP contribution in [-0.4, -0.2) is 56.3 Å². The van der Waals surface area contributed by atoms with Crippen LogP contribution >= 0.6 is 0 Å². The van der Waals surface area contributed by atoms with Crippen molar-refractivity contribution < 1.29 is 18.0 Å². The van der Waals surface area contributed by atoms with Gasteiger partial charge in [0, 0.05) is 42.8 Å². The second-order valence-corrected chi connectivity index (χ2v) is 10.4. The molecule has 1 N–H and O–H groups in total. The van der Waals surface area contributed by atoms with Crippen LogP contribution in [-0.2, 0) is 21.2 Å². The van der Waals surface area contributed by atoms with Crippen LogP contribution in [0.3, 0.4) is 0 Å². The molecular formula is C24H31N3O4S. The van der Waals surface area contributed by atoms with Gasteiger partial charge in [-0.15, -0.1) is 0 Å². The highest BCUT2D eigenvalue weighted by atomic mass is 32.2. The average Bonchev–Trinajstić information content (AvgIpc) is 3.07. The smallest absolute Gasteiger partial charge is 0.255 e. The number of fused-ring (bicyclic) bond motifs is 1. The van der Waals surface area contributed by atoms with Crippen molar-refractivity contribution in [1.82, 2.24) is 4.90 Å². The molecule has 0 aliphatic carbocycles. The van der Waals surface area contributed by atoms with Crippen LogP contribution in [0.15, 0.2) is 42.5 Å². The molecule has 1 heterocycles. The summed E-state index contributed by atoms with van der Waals surface area (Å²) in [5.74, 6) is -0.804. The van der Waals surface area contributed by atoms with Crippen molar-refractivity contribution in [3.05, 3.63) is 59.2 Å². The Hall–Kier alpha value is -2.87. The maximum absolute atomic E-state index is 13.3. The average molecular weight is 458 g/mol. The molecule has 7 nitrogen and oxygen atoms in total. The number of anilines is 2. The molecule has 2 amide bonds. The molecule has 0 saturated carbocycles. The minimum Gasteiger partial charge on any atom is -0.372 e. The van der Waals surface area contributed by atoms with E-state index in [1.54, 1.807) is 12.1 Å². The number of rotatable bonds is 9. The van der Waals surface area contributed by atoms with Crippen molar-refractivity contribution in [2.24, 2.45) is 0 Å². The molecule has 0 saturated heterocycles. The van der Waals surface area contributed by atoms with E-state index in [0.717, 1.165) is 36.2 Å². The number of hydrogen-bond donors (Lipinski definition) is 1. The van der Waals surface area contributed by atoms with Crippen LogP contribution in [0, 0.1) is 6.92 Å². The molecule has 32 heavy (non-hydrogen) atoms. The van der Waals surface area contributed by atoms with Gasteiger partial charge in [-0.05, 0) is 62.6 Å². The lowest BCUT2D eigenvalue weighted by atomic mass is 10.1. The number of carbonyl (C=O) groups excluding carboxylic acids is 2. The lowest BCUT2D eigenvalue weighted by molar-refractivity contribution is -0.120. The number of hydrogen-bond acceptors (Lipinski definition) is 5. The van der Waals surface area contributed by atoms with Gasteiger partial charge in [-0.3, -0.25) is 9.59 Å². The molecule has 0 radical (unpaired) electrons. The van der Waals surface area contributed by atoms with Crippen molar-refractivity contribution in [2.75, 3.05) is 35.3 Å². The molecule has 3 rings (SSSR count). The Balaban J connectivity index is 1.84. The quantitative estimate of drug-likeness (QED) is 0.625. The number of carbonyl (C=O) groups is 2. The molecule has 2 aromatic rings. The summed E-state index contributed by atoms with van der Waals surface area (Å²) < 4.78 is 23.6. The summed E-state index contributed by atoms with van der Waals surface area (Å²) in [6.45, 7) is 8.15. The SMILES string of the molecule is CCN(CC)c1ccc(NC(=O)[C@H](CCS(C)(=O)=O)N2Cc3ccccc3C2=O)c(C)c1. The van der Waals surface area contributed by atoms with Gasteiger partial charge in [0.15, 0.2) is 0 Å². The second-order valence-electron chi connectivity index (χ2n) is 8.19. The van der Waals surface area contributed by atoms with E-state index in [2.05, 4.69) is 24.1 Å². The molecule has 2 aromatic carbocycles. The molecule has 1 aliphatic heterocycles. The zero-order valence-corrected chi connectivity index (χ0v) is 19.9. The highest BCUT2D eigenvalue weighted by molar-refractivity contribution is 7.90. The lowest BCUT2D eigenvalue weighted by Gasteiger charge is -2.27. The fourth-order valence-electron chi connectivity index (χ4n) is 4.07. The van der Waals surface area contributed by atoms with Gasteiger partial charge in [0.25, 0.3) is 5.91 Å². The molecule has 0 spiro atoms. The third-order valence-electron chi connectivity index (χ3n) is 5.89. The van der Waals surface area contributed by atoms with E-state index in [1.807, 2.05) is 37.3 Å². The molecule has 1 atom stereocenters.